The molecule has 1 heterocycles. The molecule has 124 valence electrons. The molecule has 2 nitrogen and oxygen atoms in total. The maximum Gasteiger partial charge on any atom is 0.128 e. The molecule has 2 aromatic carbocycles. The van der Waals surface area contributed by atoms with E-state index in [-0.39, 0.29) is 36.2 Å². The minimum Gasteiger partial charge on any atom is -0.326 e. The summed E-state index contributed by atoms with van der Waals surface area (Å²) >= 11 is 0. The van der Waals surface area contributed by atoms with Gasteiger partial charge in [-0.15, -0.1) is 12.4 Å². The predicted octanol–water partition coefficient (Wildman–Crippen LogP) is 3.87. The summed E-state index contributed by atoms with van der Waals surface area (Å²) in [7, 11) is 0. The van der Waals surface area contributed by atoms with Crippen molar-refractivity contribution in [1.29, 1.82) is 0 Å². The van der Waals surface area contributed by atoms with Gasteiger partial charge < -0.3 is 5.73 Å². The number of likely N-dealkylation sites (tertiary alicyclic amines) is 1. The van der Waals surface area contributed by atoms with Crippen molar-refractivity contribution in [1.82, 2.24) is 4.90 Å². The zero-order valence-electron chi connectivity index (χ0n) is 13.0. The van der Waals surface area contributed by atoms with Crippen LogP contribution in [-0.2, 0) is 0 Å². The second kappa shape index (κ2) is 7.39. The molecule has 3 atom stereocenters. The summed E-state index contributed by atoms with van der Waals surface area (Å²) in [6, 6.07) is 13.5. The van der Waals surface area contributed by atoms with Crippen LogP contribution in [0.2, 0.25) is 0 Å². The molecule has 0 aromatic heterocycles. The van der Waals surface area contributed by atoms with Gasteiger partial charge in [0.2, 0.25) is 0 Å². The number of nitrogens with zero attached hydrogens (tertiary/aromatic N) is 1. The summed E-state index contributed by atoms with van der Waals surface area (Å²) in [5.41, 5.74) is 7.86. The minimum absolute atomic E-state index is 0. The second-order valence-corrected chi connectivity index (χ2v) is 5.98. The van der Waals surface area contributed by atoms with E-state index in [1.807, 2.05) is 25.1 Å². The third-order valence-corrected chi connectivity index (χ3v) is 4.58. The summed E-state index contributed by atoms with van der Waals surface area (Å²) in [4.78, 5) is 2.13. The SMILES string of the molecule is CC(c1cc(F)ccc1F)N1C[C@@H](N)[C@H](c2ccccc2)C1.Cl. The summed E-state index contributed by atoms with van der Waals surface area (Å²) in [6.45, 7) is 3.33. The largest absolute Gasteiger partial charge is 0.326 e. The van der Waals surface area contributed by atoms with Crippen LogP contribution in [0.25, 0.3) is 0 Å². The molecule has 1 aliphatic heterocycles. The van der Waals surface area contributed by atoms with Crippen molar-refractivity contribution in [3.63, 3.8) is 0 Å². The number of benzene rings is 2. The lowest BCUT2D eigenvalue weighted by molar-refractivity contribution is 0.251. The molecular formula is C18H21ClF2N2. The highest BCUT2D eigenvalue weighted by Crippen LogP contribution is 2.33. The molecule has 1 aliphatic rings. The molecule has 0 spiro atoms. The highest BCUT2D eigenvalue weighted by molar-refractivity contribution is 5.85. The molecule has 1 unspecified atom stereocenters. The van der Waals surface area contributed by atoms with Crippen molar-refractivity contribution in [3.8, 4) is 0 Å². The zero-order valence-corrected chi connectivity index (χ0v) is 13.8. The Kier molecular flexibility index (Phi) is 5.74. The smallest absolute Gasteiger partial charge is 0.128 e. The lowest BCUT2D eigenvalue weighted by Gasteiger charge is -2.25. The molecule has 0 aliphatic carbocycles. The van der Waals surface area contributed by atoms with E-state index in [1.54, 1.807) is 0 Å². The Balaban J connectivity index is 0.00000192. The first-order valence-corrected chi connectivity index (χ1v) is 7.56. The lowest BCUT2D eigenvalue weighted by atomic mass is 9.95. The van der Waals surface area contributed by atoms with E-state index < -0.39 is 5.82 Å². The van der Waals surface area contributed by atoms with E-state index in [1.165, 1.54) is 17.7 Å². The fraction of sp³-hybridized carbons (Fsp3) is 0.333. The number of hydrogen-bond acceptors (Lipinski definition) is 2. The topological polar surface area (TPSA) is 29.3 Å². The van der Waals surface area contributed by atoms with Crippen molar-refractivity contribution >= 4 is 12.4 Å². The van der Waals surface area contributed by atoms with Gasteiger partial charge in [0, 0.05) is 36.7 Å². The van der Waals surface area contributed by atoms with Gasteiger partial charge in [0.1, 0.15) is 11.6 Å². The first-order valence-electron chi connectivity index (χ1n) is 7.56. The van der Waals surface area contributed by atoms with E-state index in [2.05, 4.69) is 17.0 Å². The molecule has 2 aromatic rings. The number of nitrogens with two attached hydrogens (primary N) is 1. The molecule has 23 heavy (non-hydrogen) atoms. The normalized spacial score (nSPS) is 22.6. The zero-order chi connectivity index (χ0) is 15.7. The van der Waals surface area contributed by atoms with Gasteiger partial charge in [0.15, 0.2) is 0 Å². The van der Waals surface area contributed by atoms with Crippen molar-refractivity contribution < 1.29 is 8.78 Å². The maximum atomic E-state index is 14.0. The van der Waals surface area contributed by atoms with Crippen LogP contribution in [0.15, 0.2) is 48.5 Å². The first kappa shape index (κ1) is 17.9. The van der Waals surface area contributed by atoms with Crippen LogP contribution in [-0.4, -0.2) is 24.0 Å². The summed E-state index contributed by atoms with van der Waals surface area (Å²) in [5, 5.41) is 0. The van der Waals surface area contributed by atoms with E-state index in [0.29, 0.717) is 12.1 Å². The Hall–Kier alpha value is -1.49. The molecular weight excluding hydrogens is 318 g/mol. The first-order chi connectivity index (χ1) is 10.6. The average molecular weight is 339 g/mol. The standard InChI is InChI=1S/C18H20F2N2.ClH/c1-12(15-9-14(19)7-8-17(15)20)22-10-16(18(21)11-22)13-5-3-2-4-6-13;/h2-9,12,16,18H,10-11,21H2,1H3;1H/t12?,16-,18+;/m0./s1. The molecule has 0 radical (unpaired) electrons. The van der Waals surface area contributed by atoms with Crippen LogP contribution in [0.5, 0.6) is 0 Å². The third kappa shape index (κ3) is 3.71. The fourth-order valence-electron chi connectivity index (χ4n) is 3.26. The van der Waals surface area contributed by atoms with Crippen LogP contribution in [0.4, 0.5) is 8.78 Å². The molecule has 5 heteroatoms. The molecule has 0 saturated carbocycles. The molecule has 3 rings (SSSR count). The van der Waals surface area contributed by atoms with E-state index in [9.17, 15) is 8.78 Å². The third-order valence-electron chi connectivity index (χ3n) is 4.58. The number of halogens is 3. The summed E-state index contributed by atoms with van der Waals surface area (Å²) in [6.07, 6.45) is 0. The molecule has 2 N–H and O–H groups in total. The van der Waals surface area contributed by atoms with Gasteiger partial charge in [-0.2, -0.15) is 0 Å². The van der Waals surface area contributed by atoms with Crippen LogP contribution >= 0.6 is 12.4 Å². The van der Waals surface area contributed by atoms with Gasteiger partial charge in [0.05, 0.1) is 0 Å². The fourth-order valence-corrected chi connectivity index (χ4v) is 3.26. The van der Waals surface area contributed by atoms with Crippen molar-refractivity contribution in [2.75, 3.05) is 13.1 Å². The molecule has 1 saturated heterocycles. The van der Waals surface area contributed by atoms with Crippen molar-refractivity contribution in [3.05, 3.63) is 71.3 Å². The highest BCUT2D eigenvalue weighted by atomic mass is 35.5. The van der Waals surface area contributed by atoms with Gasteiger partial charge >= 0.3 is 0 Å². The van der Waals surface area contributed by atoms with Crippen molar-refractivity contribution in [2.45, 2.75) is 24.9 Å². The van der Waals surface area contributed by atoms with Crippen molar-refractivity contribution in [2.24, 2.45) is 5.73 Å². The van der Waals surface area contributed by atoms with E-state index in [0.717, 1.165) is 12.6 Å². The Morgan fingerprint density at radius 1 is 1.09 bits per heavy atom. The number of rotatable bonds is 3. The number of hydrogen-bond donors (Lipinski definition) is 1. The summed E-state index contributed by atoms with van der Waals surface area (Å²) in [5.74, 6) is -0.558. The van der Waals surface area contributed by atoms with E-state index in [4.69, 9.17) is 5.73 Å². The highest BCUT2D eigenvalue weighted by Gasteiger charge is 2.34. The monoisotopic (exact) mass is 338 g/mol. The molecule has 0 bridgehead atoms. The Bertz CT molecular complexity index is 651. The van der Waals surface area contributed by atoms with Crippen LogP contribution < -0.4 is 5.73 Å². The Morgan fingerprint density at radius 2 is 1.78 bits per heavy atom. The van der Waals surface area contributed by atoms with Crippen LogP contribution in [0, 0.1) is 11.6 Å². The van der Waals surface area contributed by atoms with Crippen LogP contribution in [0.3, 0.4) is 0 Å². The van der Waals surface area contributed by atoms with Gasteiger partial charge in [0.25, 0.3) is 0 Å². The van der Waals surface area contributed by atoms with Gasteiger partial charge in [-0.3, -0.25) is 4.90 Å². The maximum absolute atomic E-state index is 14.0. The van der Waals surface area contributed by atoms with E-state index >= 15 is 0 Å². The predicted molar refractivity (Wildman–Crippen MR) is 90.8 cm³/mol. The Morgan fingerprint density at radius 3 is 2.48 bits per heavy atom. The molecule has 1 fully saturated rings. The second-order valence-electron chi connectivity index (χ2n) is 5.98. The quantitative estimate of drug-likeness (QED) is 0.920. The van der Waals surface area contributed by atoms with Gasteiger partial charge in [-0.25, -0.2) is 8.78 Å². The Labute approximate surface area is 141 Å². The minimum atomic E-state index is -0.411. The molecule has 0 amide bonds. The van der Waals surface area contributed by atoms with Crippen LogP contribution in [0.1, 0.15) is 30.0 Å². The van der Waals surface area contributed by atoms with Gasteiger partial charge in [-0.1, -0.05) is 30.3 Å². The lowest BCUT2D eigenvalue weighted by Crippen LogP contribution is -2.30. The summed E-state index contributed by atoms with van der Waals surface area (Å²) < 4.78 is 27.4. The average Bonchev–Trinajstić information content (AvgIpc) is 2.92. The van der Waals surface area contributed by atoms with Gasteiger partial charge in [-0.05, 0) is 30.7 Å².